The van der Waals surface area contributed by atoms with Crippen molar-refractivity contribution in [2.45, 2.75) is 17.9 Å². The summed E-state index contributed by atoms with van der Waals surface area (Å²) in [5.41, 5.74) is 0.500. The Balaban J connectivity index is 1.79. The Hall–Kier alpha value is -2.88. The Morgan fingerprint density at radius 3 is 2.31 bits per heavy atom. The Morgan fingerprint density at radius 2 is 1.65 bits per heavy atom. The van der Waals surface area contributed by atoms with Gasteiger partial charge >= 0.3 is 5.97 Å². The second-order valence-corrected chi connectivity index (χ2v) is 6.96. The normalized spacial score (nSPS) is 28.7. The second kappa shape index (κ2) is 6.45. The highest BCUT2D eigenvalue weighted by molar-refractivity contribution is 5.99. The van der Waals surface area contributed by atoms with Crippen molar-refractivity contribution in [2.75, 3.05) is 7.11 Å². The zero-order valence-corrected chi connectivity index (χ0v) is 14.6. The Bertz CT molecular complexity index is 846. The molecule has 1 fully saturated rings. The molecule has 2 aliphatic rings. The van der Waals surface area contributed by atoms with Crippen molar-refractivity contribution in [1.82, 2.24) is 5.32 Å². The van der Waals surface area contributed by atoms with Gasteiger partial charge in [-0.15, -0.1) is 0 Å². The number of esters is 1. The van der Waals surface area contributed by atoms with E-state index >= 15 is 0 Å². The summed E-state index contributed by atoms with van der Waals surface area (Å²) in [5.74, 6) is -0.639. The molecule has 2 aromatic rings. The number of hydrogen-bond acceptors (Lipinski definition) is 3. The van der Waals surface area contributed by atoms with Crippen LogP contribution in [0.4, 0.5) is 0 Å². The predicted molar refractivity (Wildman–Crippen MR) is 98.6 cm³/mol. The molecule has 132 valence electrons. The van der Waals surface area contributed by atoms with Crippen LogP contribution in [0.25, 0.3) is 0 Å². The molecule has 4 nitrogen and oxygen atoms in total. The quantitative estimate of drug-likeness (QED) is 0.682. The molecule has 1 N–H and O–H groups in total. The molecule has 1 amide bonds. The summed E-state index contributed by atoms with van der Waals surface area (Å²) < 4.78 is 5.19. The lowest BCUT2D eigenvalue weighted by Crippen LogP contribution is -2.61. The van der Waals surface area contributed by atoms with E-state index in [-0.39, 0.29) is 29.6 Å². The topological polar surface area (TPSA) is 55.4 Å². The molecule has 26 heavy (non-hydrogen) atoms. The van der Waals surface area contributed by atoms with Gasteiger partial charge in [0.2, 0.25) is 0 Å². The Labute approximate surface area is 152 Å². The van der Waals surface area contributed by atoms with Crippen molar-refractivity contribution < 1.29 is 14.3 Å². The highest BCUT2D eigenvalue weighted by atomic mass is 16.5. The molecular formula is C22H21NO3. The van der Waals surface area contributed by atoms with Crippen molar-refractivity contribution in [2.24, 2.45) is 11.8 Å². The molecule has 0 heterocycles. The molecule has 2 aromatic carbocycles. The maximum Gasteiger partial charge on any atom is 0.332 e. The number of benzene rings is 2. The minimum absolute atomic E-state index is 0.0715. The molecule has 2 unspecified atom stereocenters. The van der Waals surface area contributed by atoms with E-state index in [9.17, 15) is 9.59 Å². The van der Waals surface area contributed by atoms with Crippen LogP contribution in [0.3, 0.4) is 0 Å². The van der Waals surface area contributed by atoms with E-state index in [1.807, 2.05) is 54.6 Å². The highest BCUT2D eigenvalue weighted by Crippen LogP contribution is 2.56. The lowest BCUT2D eigenvalue weighted by Gasteiger charge is -2.40. The lowest BCUT2D eigenvalue weighted by atomic mass is 9.72. The molecule has 1 saturated carbocycles. The maximum absolute atomic E-state index is 13.0. The Morgan fingerprint density at radius 1 is 1.00 bits per heavy atom. The summed E-state index contributed by atoms with van der Waals surface area (Å²) in [6.45, 7) is 0. The van der Waals surface area contributed by atoms with Gasteiger partial charge in [0.1, 0.15) is 0 Å². The first-order valence-corrected chi connectivity index (χ1v) is 8.86. The largest absolute Gasteiger partial charge is 0.467 e. The second-order valence-electron chi connectivity index (χ2n) is 6.96. The van der Waals surface area contributed by atoms with E-state index in [0.29, 0.717) is 5.56 Å². The molecular weight excluding hydrogens is 326 g/mol. The molecule has 0 radical (unpaired) electrons. The van der Waals surface area contributed by atoms with E-state index in [1.54, 1.807) is 12.1 Å². The van der Waals surface area contributed by atoms with Gasteiger partial charge in [-0.1, -0.05) is 60.7 Å². The van der Waals surface area contributed by atoms with E-state index in [0.717, 1.165) is 12.0 Å². The highest BCUT2D eigenvalue weighted by Gasteiger charge is 2.62. The summed E-state index contributed by atoms with van der Waals surface area (Å²) in [7, 11) is 1.39. The number of ether oxygens (including phenoxy) is 1. The number of methoxy groups -OCH3 is 1. The van der Waals surface area contributed by atoms with Gasteiger partial charge in [0.25, 0.3) is 5.91 Å². The summed E-state index contributed by atoms with van der Waals surface area (Å²) in [6.07, 6.45) is 5.05. The number of rotatable bonds is 4. The molecule has 0 aromatic heterocycles. The van der Waals surface area contributed by atoms with E-state index in [2.05, 4.69) is 11.4 Å². The van der Waals surface area contributed by atoms with Gasteiger partial charge in [-0.05, 0) is 30.0 Å². The fraction of sp³-hybridized carbons (Fsp3) is 0.273. The van der Waals surface area contributed by atoms with Gasteiger partial charge in [0, 0.05) is 17.4 Å². The van der Waals surface area contributed by atoms with Crippen LogP contribution in [0, 0.1) is 11.8 Å². The molecule has 4 heteroatoms. The van der Waals surface area contributed by atoms with Gasteiger partial charge in [0.15, 0.2) is 5.54 Å². The smallest absolute Gasteiger partial charge is 0.332 e. The van der Waals surface area contributed by atoms with E-state index < -0.39 is 5.54 Å². The monoisotopic (exact) mass is 347 g/mol. The van der Waals surface area contributed by atoms with Gasteiger partial charge in [-0.2, -0.15) is 0 Å². The van der Waals surface area contributed by atoms with E-state index in [4.69, 9.17) is 4.74 Å². The zero-order valence-electron chi connectivity index (χ0n) is 14.6. The predicted octanol–water partition coefficient (Wildman–Crippen LogP) is 3.32. The van der Waals surface area contributed by atoms with Crippen molar-refractivity contribution in [3.8, 4) is 0 Å². The van der Waals surface area contributed by atoms with Gasteiger partial charge in [-0.3, -0.25) is 4.79 Å². The molecule has 2 aliphatic carbocycles. The summed E-state index contributed by atoms with van der Waals surface area (Å²) in [4.78, 5) is 25.9. The van der Waals surface area contributed by atoms with Crippen LogP contribution in [0.2, 0.25) is 0 Å². The summed E-state index contributed by atoms with van der Waals surface area (Å²) in [5, 5.41) is 3.07. The van der Waals surface area contributed by atoms with Gasteiger partial charge < -0.3 is 10.1 Å². The number of fused-ring (bicyclic) bond motifs is 2. The molecule has 4 atom stereocenters. The first-order chi connectivity index (χ1) is 12.7. The molecule has 0 saturated heterocycles. The van der Waals surface area contributed by atoms with Crippen LogP contribution < -0.4 is 5.32 Å². The third-order valence-corrected chi connectivity index (χ3v) is 5.66. The average molecular weight is 347 g/mol. The standard InChI is InChI=1S/C22H21NO3/c1-26-21(25)22(23-20(24)16-10-6-3-7-11-16)18-13-12-17(14-18)19(22)15-8-4-2-5-9-15/h2-13,17-19H,14H2,1H3,(H,23,24)/t17?,18?,19-,22+/m1/s1. The number of nitrogens with one attached hydrogen (secondary N) is 1. The first kappa shape index (κ1) is 16.6. The zero-order chi connectivity index (χ0) is 18.1. The Kier molecular flexibility index (Phi) is 4.11. The van der Waals surface area contributed by atoms with Gasteiger partial charge in [0.05, 0.1) is 7.11 Å². The molecule has 2 bridgehead atoms. The number of carbonyl (C=O) groups excluding carboxylic acids is 2. The minimum atomic E-state index is -1.08. The van der Waals surface area contributed by atoms with Crippen LogP contribution >= 0.6 is 0 Å². The first-order valence-electron chi connectivity index (χ1n) is 8.86. The number of allylic oxidation sites excluding steroid dienone is 1. The van der Waals surface area contributed by atoms with Gasteiger partial charge in [-0.25, -0.2) is 4.79 Å². The van der Waals surface area contributed by atoms with Crippen LogP contribution in [0.15, 0.2) is 72.8 Å². The number of amides is 1. The molecule has 0 spiro atoms. The average Bonchev–Trinajstić information content (AvgIpc) is 3.29. The minimum Gasteiger partial charge on any atom is -0.467 e. The SMILES string of the molecule is COC(=O)[C@]1(NC(=O)c2ccccc2)C2C=CC(C2)[C@H]1c1ccccc1. The number of hydrogen-bond donors (Lipinski definition) is 1. The van der Waals surface area contributed by atoms with Crippen molar-refractivity contribution in [3.05, 3.63) is 83.9 Å². The third kappa shape index (κ3) is 2.45. The lowest BCUT2D eigenvalue weighted by molar-refractivity contribution is -0.150. The third-order valence-electron chi connectivity index (χ3n) is 5.66. The van der Waals surface area contributed by atoms with E-state index in [1.165, 1.54) is 7.11 Å². The van der Waals surface area contributed by atoms with Crippen molar-refractivity contribution >= 4 is 11.9 Å². The maximum atomic E-state index is 13.0. The molecule has 4 rings (SSSR count). The van der Waals surface area contributed by atoms with Crippen LogP contribution in [0.1, 0.15) is 28.3 Å². The summed E-state index contributed by atoms with van der Waals surface area (Å²) in [6, 6.07) is 18.9. The van der Waals surface area contributed by atoms with Crippen molar-refractivity contribution in [1.29, 1.82) is 0 Å². The number of carbonyl (C=O) groups is 2. The summed E-state index contributed by atoms with van der Waals surface area (Å²) >= 11 is 0. The van der Waals surface area contributed by atoms with Crippen molar-refractivity contribution in [3.63, 3.8) is 0 Å². The molecule has 0 aliphatic heterocycles. The fourth-order valence-corrected chi connectivity index (χ4v) is 4.57. The fourth-order valence-electron chi connectivity index (χ4n) is 4.57. The van der Waals surface area contributed by atoms with Crippen LogP contribution in [-0.2, 0) is 9.53 Å². The van der Waals surface area contributed by atoms with Crippen LogP contribution in [-0.4, -0.2) is 24.5 Å². The van der Waals surface area contributed by atoms with Crippen LogP contribution in [0.5, 0.6) is 0 Å².